The largest absolute Gasteiger partial charge is 0.305 e. The van der Waals surface area contributed by atoms with Gasteiger partial charge in [0.05, 0.1) is 0 Å². The van der Waals surface area contributed by atoms with Crippen molar-refractivity contribution in [2.75, 3.05) is 0 Å². The fourth-order valence-corrected chi connectivity index (χ4v) is 1.77. The minimum atomic E-state index is -0.305. The second-order valence-electron chi connectivity index (χ2n) is 3.66. The number of carbonyl (C=O) groups excluding carboxylic acids is 2. The van der Waals surface area contributed by atoms with Gasteiger partial charge >= 0.3 is 0 Å². The van der Waals surface area contributed by atoms with Crippen molar-refractivity contribution in [1.82, 2.24) is 15.8 Å². The van der Waals surface area contributed by atoms with Gasteiger partial charge in [0.25, 0.3) is 5.91 Å². The van der Waals surface area contributed by atoms with E-state index in [1.54, 1.807) is 24.3 Å². The number of nitrogens with zero attached hydrogens (tertiary/aromatic N) is 1. The predicted molar refractivity (Wildman–Crippen MR) is 74.1 cm³/mol. The van der Waals surface area contributed by atoms with Crippen LogP contribution in [0.4, 0.5) is 0 Å². The van der Waals surface area contributed by atoms with Crippen LogP contribution in [0.15, 0.2) is 59.0 Å². The number of nitrogens with one attached hydrogen (secondary N) is 2. The van der Waals surface area contributed by atoms with Gasteiger partial charge in [0.2, 0.25) is 0 Å². The Hall–Kier alpha value is -2.21. The Kier molecular flexibility index (Phi) is 4.25. The van der Waals surface area contributed by atoms with Crippen LogP contribution in [-0.2, 0) is 4.79 Å². The zero-order chi connectivity index (χ0) is 13.7. The summed E-state index contributed by atoms with van der Waals surface area (Å²) < 4.78 is 0.792. The van der Waals surface area contributed by atoms with Gasteiger partial charge in [-0.15, -0.1) is 0 Å². The quantitative estimate of drug-likeness (QED) is 0.656. The minimum absolute atomic E-state index is 0.131. The summed E-state index contributed by atoms with van der Waals surface area (Å²) in [5.41, 5.74) is 6.00. The Bertz CT molecular complexity index is 591. The van der Waals surface area contributed by atoms with Crippen LogP contribution in [0.2, 0.25) is 0 Å². The summed E-state index contributed by atoms with van der Waals surface area (Å²) >= 11 is 3.27. The summed E-state index contributed by atoms with van der Waals surface area (Å²) in [6.45, 7) is 0. The normalized spacial score (nSPS) is 16.2. The van der Waals surface area contributed by atoms with Crippen molar-refractivity contribution in [3.63, 3.8) is 0 Å². The molecule has 0 atom stereocenters. The first-order valence-corrected chi connectivity index (χ1v) is 6.22. The molecule has 0 fully saturated rings. The summed E-state index contributed by atoms with van der Waals surface area (Å²) in [4.78, 5) is 27.0. The maximum absolute atomic E-state index is 11.7. The third kappa shape index (κ3) is 3.62. The zero-order valence-electron chi connectivity index (χ0n) is 9.76. The summed E-state index contributed by atoms with van der Waals surface area (Å²) in [6, 6.07) is 3.18. The van der Waals surface area contributed by atoms with E-state index in [1.165, 1.54) is 24.7 Å². The maximum Gasteiger partial charge on any atom is 0.269 e. The fraction of sp³-hybridized carbons (Fsp3) is 0. The van der Waals surface area contributed by atoms with Crippen LogP contribution in [-0.4, -0.2) is 16.7 Å². The van der Waals surface area contributed by atoms with E-state index in [0.29, 0.717) is 11.1 Å². The van der Waals surface area contributed by atoms with Gasteiger partial charge in [-0.05, 0) is 30.4 Å². The number of ketones is 1. The molecule has 1 aromatic heterocycles. The van der Waals surface area contributed by atoms with Crippen LogP contribution in [0.3, 0.4) is 0 Å². The lowest BCUT2D eigenvalue weighted by molar-refractivity contribution is -0.111. The predicted octanol–water partition coefficient (Wildman–Crippen LogP) is 1.62. The first kappa shape index (κ1) is 13.2. The SMILES string of the molecule is O=C1C=CC(Br)=C/C1=C\NNC(=O)c1ccncc1. The number of aromatic nitrogens is 1. The molecule has 6 heteroatoms. The van der Waals surface area contributed by atoms with Gasteiger partial charge in [0.15, 0.2) is 5.78 Å². The Morgan fingerprint density at radius 2 is 2.00 bits per heavy atom. The molecule has 1 amide bonds. The first-order valence-electron chi connectivity index (χ1n) is 5.42. The summed E-state index contributed by atoms with van der Waals surface area (Å²) in [5.74, 6) is -0.435. The van der Waals surface area contributed by atoms with Crippen molar-refractivity contribution in [3.05, 3.63) is 64.6 Å². The molecule has 0 unspecified atom stereocenters. The molecule has 2 N–H and O–H groups in total. The van der Waals surface area contributed by atoms with Gasteiger partial charge in [0.1, 0.15) is 0 Å². The van der Waals surface area contributed by atoms with E-state index in [4.69, 9.17) is 0 Å². The number of hydrazine groups is 1. The summed E-state index contributed by atoms with van der Waals surface area (Å²) in [5, 5.41) is 0. The highest BCUT2D eigenvalue weighted by Gasteiger charge is 2.09. The highest BCUT2D eigenvalue weighted by atomic mass is 79.9. The Labute approximate surface area is 118 Å². The Balaban J connectivity index is 1.95. The van der Waals surface area contributed by atoms with Crippen LogP contribution in [0.25, 0.3) is 0 Å². The maximum atomic E-state index is 11.7. The highest BCUT2D eigenvalue weighted by molar-refractivity contribution is 9.11. The molecule has 1 heterocycles. The number of hydrogen-bond donors (Lipinski definition) is 2. The molecule has 1 aromatic rings. The molecule has 0 bridgehead atoms. The smallest absolute Gasteiger partial charge is 0.269 e. The number of halogens is 1. The highest BCUT2D eigenvalue weighted by Crippen LogP contribution is 2.16. The van der Waals surface area contributed by atoms with E-state index >= 15 is 0 Å². The van der Waals surface area contributed by atoms with Crippen LogP contribution in [0.5, 0.6) is 0 Å². The number of pyridine rings is 1. The molecule has 0 spiro atoms. The average molecular weight is 320 g/mol. The molecule has 96 valence electrons. The van der Waals surface area contributed by atoms with Crippen molar-refractivity contribution in [3.8, 4) is 0 Å². The molecule has 2 rings (SSSR count). The van der Waals surface area contributed by atoms with Crippen LogP contribution >= 0.6 is 15.9 Å². The lowest BCUT2D eigenvalue weighted by atomic mass is 10.1. The first-order chi connectivity index (χ1) is 9.16. The van der Waals surface area contributed by atoms with E-state index < -0.39 is 0 Å². The van der Waals surface area contributed by atoms with Crippen molar-refractivity contribution in [1.29, 1.82) is 0 Å². The molecule has 0 radical (unpaired) electrons. The second kappa shape index (κ2) is 6.10. The lowest BCUT2D eigenvalue weighted by Crippen LogP contribution is -2.34. The van der Waals surface area contributed by atoms with E-state index in [0.717, 1.165) is 4.48 Å². The molecule has 0 aliphatic heterocycles. The third-order valence-electron chi connectivity index (χ3n) is 2.33. The molecule has 0 saturated heterocycles. The van der Waals surface area contributed by atoms with Crippen LogP contribution < -0.4 is 10.9 Å². The van der Waals surface area contributed by atoms with Crippen molar-refractivity contribution in [2.45, 2.75) is 0 Å². The molecule has 19 heavy (non-hydrogen) atoms. The summed E-state index contributed by atoms with van der Waals surface area (Å²) in [6.07, 6.45) is 9.27. The standard InChI is InChI=1S/C13H10BrN3O2/c14-11-1-2-12(18)10(7-11)8-16-17-13(19)9-3-5-15-6-4-9/h1-8,16H,(H,17,19)/b10-8+. The minimum Gasteiger partial charge on any atom is -0.305 e. The van der Waals surface area contributed by atoms with Gasteiger partial charge in [-0.3, -0.25) is 20.0 Å². The van der Waals surface area contributed by atoms with Crippen molar-refractivity contribution < 1.29 is 9.59 Å². The molecular weight excluding hydrogens is 310 g/mol. The third-order valence-corrected chi connectivity index (χ3v) is 2.82. The Morgan fingerprint density at radius 1 is 1.26 bits per heavy atom. The van der Waals surface area contributed by atoms with Gasteiger partial charge in [-0.25, -0.2) is 0 Å². The number of rotatable bonds is 3. The molecule has 1 aliphatic rings. The number of allylic oxidation sites excluding steroid dienone is 5. The Morgan fingerprint density at radius 3 is 2.74 bits per heavy atom. The van der Waals surface area contributed by atoms with Crippen molar-refractivity contribution in [2.24, 2.45) is 0 Å². The molecule has 5 nitrogen and oxygen atoms in total. The van der Waals surface area contributed by atoms with E-state index in [1.807, 2.05) is 0 Å². The van der Waals surface area contributed by atoms with Crippen LogP contribution in [0.1, 0.15) is 10.4 Å². The van der Waals surface area contributed by atoms with E-state index in [-0.39, 0.29) is 11.7 Å². The molecular formula is C13H10BrN3O2. The lowest BCUT2D eigenvalue weighted by Gasteiger charge is -2.07. The van der Waals surface area contributed by atoms with Crippen molar-refractivity contribution >= 4 is 27.6 Å². The summed E-state index contributed by atoms with van der Waals surface area (Å²) in [7, 11) is 0. The van der Waals surface area contributed by atoms with Gasteiger partial charge in [-0.2, -0.15) is 0 Å². The molecule has 1 aliphatic carbocycles. The molecule has 0 aromatic carbocycles. The fourth-order valence-electron chi connectivity index (χ4n) is 1.39. The van der Waals surface area contributed by atoms with E-state index in [2.05, 4.69) is 31.8 Å². The van der Waals surface area contributed by atoms with Gasteiger partial charge < -0.3 is 5.43 Å². The number of amides is 1. The topological polar surface area (TPSA) is 71.1 Å². The van der Waals surface area contributed by atoms with E-state index in [9.17, 15) is 9.59 Å². The zero-order valence-corrected chi connectivity index (χ0v) is 11.3. The van der Waals surface area contributed by atoms with Gasteiger partial charge in [-0.1, -0.05) is 15.9 Å². The van der Waals surface area contributed by atoms with Gasteiger partial charge in [0, 0.05) is 34.2 Å². The number of hydrogen-bond acceptors (Lipinski definition) is 4. The van der Waals surface area contributed by atoms with Crippen LogP contribution in [0, 0.1) is 0 Å². The number of carbonyl (C=O) groups is 2. The molecule has 0 saturated carbocycles. The monoisotopic (exact) mass is 319 g/mol. The second-order valence-corrected chi connectivity index (χ2v) is 4.58. The average Bonchev–Trinajstić information content (AvgIpc) is 2.43.